The number of rotatable bonds is 12. The highest BCUT2D eigenvalue weighted by molar-refractivity contribution is 5.85. The van der Waals surface area contributed by atoms with Crippen LogP contribution in [0, 0.1) is 0 Å². The first kappa shape index (κ1) is 23.6. The minimum atomic E-state index is 0. The Morgan fingerprint density at radius 1 is 1.07 bits per heavy atom. The number of nitrogens with one attached hydrogen (secondary N) is 1. The second kappa shape index (κ2) is 12.8. The zero-order valence-electron chi connectivity index (χ0n) is 16.7. The number of ether oxygens (including phenoxy) is 3. The van der Waals surface area contributed by atoms with Crippen LogP contribution < -0.4 is 14.8 Å². The highest BCUT2D eigenvalue weighted by Crippen LogP contribution is 2.32. The van der Waals surface area contributed by atoms with Crippen molar-refractivity contribution in [2.75, 3.05) is 33.0 Å². The van der Waals surface area contributed by atoms with E-state index < -0.39 is 0 Å². The van der Waals surface area contributed by atoms with Gasteiger partial charge >= 0.3 is 6.01 Å². The van der Waals surface area contributed by atoms with E-state index in [-0.39, 0.29) is 25.0 Å². The van der Waals surface area contributed by atoms with Gasteiger partial charge in [0.05, 0.1) is 32.1 Å². The SMILES string of the molecule is CCOc1cc(CNCCOCCO)ccc1Oc1nnnn1-c1ccccc1.Cl. The lowest BCUT2D eigenvalue weighted by Gasteiger charge is -2.13. The number of aliphatic hydroxyl groups excluding tert-OH is 1. The second-order valence-corrected chi connectivity index (χ2v) is 6.04. The van der Waals surface area contributed by atoms with E-state index in [2.05, 4.69) is 20.8 Å². The van der Waals surface area contributed by atoms with Crippen molar-refractivity contribution < 1.29 is 19.3 Å². The number of hydrogen-bond donors (Lipinski definition) is 2. The van der Waals surface area contributed by atoms with Crippen LogP contribution in [-0.4, -0.2) is 58.3 Å². The van der Waals surface area contributed by atoms with E-state index >= 15 is 0 Å². The van der Waals surface area contributed by atoms with Crippen molar-refractivity contribution in [2.24, 2.45) is 0 Å². The molecule has 0 aliphatic carbocycles. The third kappa shape index (κ3) is 6.67. The summed E-state index contributed by atoms with van der Waals surface area (Å²) in [7, 11) is 0. The van der Waals surface area contributed by atoms with Crippen LogP contribution in [0.5, 0.6) is 17.5 Å². The molecule has 3 rings (SSSR count). The normalized spacial score (nSPS) is 10.5. The number of tetrazole rings is 1. The molecule has 0 saturated heterocycles. The Morgan fingerprint density at radius 2 is 1.90 bits per heavy atom. The molecule has 162 valence electrons. The fourth-order valence-corrected chi connectivity index (χ4v) is 2.63. The van der Waals surface area contributed by atoms with E-state index in [0.29, 0.717) is 44.4 Å². The maximum atomic E-state index is 8.70. The van der Waals surface area contributed by atoms with Crippen LogP contribution in [0.4, 0.5) is 0 Å². The molecule has 0 amide bonds. The Hall–Kier alpha value is -2.72. The lowest BCUT2D eigenvalue weighted by Crippen LogP contribution is -2.20. The maximum Gasteiger partial charge on any atom is 0.346 e. The Kier molecular flexibility index (Phi) is 10.0. The minimum Gasteiger partial charge on any atom is -0.490 e. The van der Waals surface area contributed by atoms with Gasteiger partial charge in [-0.1, -0.05) is 29.4 Å². The molecule has 0 radical (unpaired) electrons. The molecule has 0 aliphatic rings. The van der Waals surface area contributed by atoms with E-state index in [9.17, 15) is 0 Å². The molecule has 30 heavy (non-hydrogen) atoms. The summed E-state index contributed by atoms with van der Waals surface area (Å²) >= 11 is 0. The number of benzene rings is 2. The Morgan fingerprint density at radius 3 is 2.67 bits per heavy atom. The number of nitrogens with zero attached hydrogens (tertiary/aromatic N) is 4. The minimum absolute atomic E-state index is 0. The Balaban J connectivity index is 0.00000320. The molecule has 2 N–H and O–H groups in total. The predicted octanol–water partition coefficient (Wildman–Crippen LogP) is 2.37. The van der Waals surface area contributed by atoms with Gasteiger partial charge in [0.2, 0.25) is 0 Å². The van der Waals surface area contributed by atoms with Crippen molar-refractivity contribution in [3.05, 3.63) is 54.1 Å². The van der Waals surface area contributed by atoms with Gasteiger partial charge in [-0.25, -0.2) is 0 Å². The molecule has 0 atom stereocenters. The van der Waals surface area contributed by atoms with Crippen LogP contribution in [0.2, 0.25) is 0 Å². The average molecular weight is 436 g/mol. The molecule has 1 aromatic heterocycles. The maximum absolute atomic E-state index is 8.70. The quantitative estimate of drug-likeness (QED) is 0.418. The fourth-order valence-electron chi connectivity index (χ4n) is 2.63. The van der Waals surface area contributed by atoms with Crippen LogP contribution >= 0.6 is 12.4 Å². The average Bonchev–Trinajstić information content (AvgIpc) is 3.21. The molecule has 0 spiro atoms. The first-order valence-corrected chi connectivity index (χ1v) is 9.48. The van der Waals surface area contributed by atoms with Crippen molar-refractivity contribution in [3.63, 3.8) is 0 Å². The lowest BCUT2D eigenvalue weighted by atomic mass is 10.2. The summed E-state index contributed by atoms with van der Waals surface area (Å²) < 4.78 is 18.5. The van der Waals surface area contributed by atoms with Crippen LogP contribution in [0.3, 0.4) is 0 Å². The molecular formula is C20H26ClN5O4. The Labute approximate surface area is 181 Å². The van der Waals surface area contributed by atoms with Crippen molar-refractivity contribution in [2.45, 2.75) is 13.5 Å². The zero-order valence-corrected chi connectivity index (χ0v) is 17.5. The van der Waals surface area contributed by atoms with Crippen molar-refractivity contribution in [3.8, 4) is 23.2 Å². The highest BCUT2D eigenvalue weighted by atomic mass is 35.5. The van der Waals surface area contributed by atoms with Crippen LogP contribution in [0.1, 0.15) is 12.5 Å². The molecule has 10 heteroatoms. The fraction of sp³-hybridized carbons (Fsp3) is 0.350. The van der Waals surface area contributed by atoms with Gasteiger partial charge in [-0.3, -0.25) is 0 Å². The molecule has 2 aromatic carbocycles. The predicted molar refractivity (Wildman–Crippen MR) is 114 cm³/mol. The van der Waals surface area contributed by atoms with E-state index in [1.54, 1.807) is 0 Å². The molecule has 3 aromatic rings. The number of aliphatic hydroxyl groups is 1. The number of halogens is 1. The summed E-state index contributed by atoms with van der Waals surface area (Å²) in [6.07, 6.45) is 0. The summed E-state index contributed by atoms with van der Waals surface area (Å²) in [5.74, 6) is 1.15. The molecule has 0 aliphatic heterocycles. The summed E-state index contributed by atoms with van der Waals surface area (Å²) in [4.78, 5) is 0. The second-order valence-electron chi connectivity index (χ2n) is 6.04. The molecule has 9 nitrogen and oxygen atoms in total. The zero-order chi connectivity index (χ0) is 20.3. The van der Waals surface area contributed by atoms with Gasteiger partial charge < -0.3 is 24.6 Å². The molecule has 0 unspecified atom stereocenters. The smallest absolute Gasteiger partial charge is 0.346 e. The first-order valence-electron chi connectivity index (χ1n) is 9.48. The van der Waals surface area contributed by atoms with Crippen LogP contribution in [0.25, 0.3) is 5.69 Å². The highest BCUT2D eigenvalue weighted by Gasteiger charge is 2.14. The van der Waals surface area contributed by atoms with Crippen molar-refractivity contribution in [1.29, 1.82) is 0 Å². The lowest BCUT2D eigenvalue weighted by molar-refractivity contribution is 0.0938. The third-order valence-corrected chi connectivity index (χ3v) is 3.94. The van der Waals surface area contributed by atoms with Gasteiger partial charge in [-0.2, -0.15) is 4.68 Å². The van der Waals surface area contributed by atoms with Gasteiger partial charge in [0, 0.05) is 13.1 Å². The Bertz CT molecular complexity index is 879. The summed E-state index contributed by atoms with van der Waals surface area (Å²) in [5.41, 5.74) is 1.85. The molecular weight excluding hydrogens is 410 g/mol. The third-order valence-electron chi connectivity index (χ3n) is 3.94. The van der Waals surface area contributed by atoms with Gasteiger partial charge in [-0.05, 0) is 47.2 Å². The summed E-state index contributed by atoms with van der Waals surface area (Å²) in [5, 5.41) is 23.7. The van der Waals surface area contributed by atoms with Gasteiger partial charge in [0.1, 0.15) is 0 Å². The van der Waals surface area contributed by atoms with E-state index in [0.717, 1.165) is 11.3 Å². The van der Waals surface area contributed by atoms with E-state index in [1.165, 1.54) is 4.68 Å². The van der Waals surface area contributed by atoms with E-state index in [4.69, 9.17) is 19.3 Å². The van der Waals surface area contributed by atoms with Gasteiger partial charge in [0.15, 0.2) is 11.5 Å². The monoisotopic (exact) mass is 435 g/mol. The summed E-state index contributed by atoms with van der Waals surface area (Å²) in [6, 6.07) is 15.5. The molecule has 1 heterocycles. The number of para-hydroxylation sites is 1. The van der Waals surface area contributed by atoms with Crippen LogP contribution in [0.15, 0.2) is 48.5 Å². The molecule has 0 saturated carbocycles. The first-order chi connectivity index (χ1) is 14.3. The van der Waals surface area contributed by atoms with Crippen molar-refractivity contribution in [1.82, 2.24) is 25.5 Å². The van der Waals surface area contributed by atoms with E-state index in [1.807, 2.05) is 55.5 Å². The topological polar surface area (TPSA) is 104 Å². The standard InChI is InChI=1S/C20H25N5O4.ClH/c1-2-28-19-14-16(15-21-10-12-27-13-11-26)8-9-18(19)29-20-22-23-24-25(20)17-6-4-3-5-7-17;/h3-9,14,21,26H,2,10-13,15H2,1H3;1H. The number of aromatic nitrogens is 4. The molecule has 0 fully saturated rings. The van der Waals surface area contributed by atoms with Gasteiger partial charge in [0.25, 0.3) is 0 Å². The summed E-state index contributed by atoms with van der Waals surface area (Å²) in [6.45, 7) is 4.70. The van der Waals surface area contributed by atoms with Gasteiger partial charge in [-0.15, -0.1) is 12.4 Å². The molecule has 0 bridgehead atoms. The van der Waals surface area contributed by atoms with Crippen LogP contribution in [-0.2, 0) is 11.3 Å². The largest absolute Gasteiger partial charge is 0.490 e. The number of hydrogen-bond acceptors (Lipinski definition) is 8. The van der Waals surface area contributed by atoms with Crippen molar-refractivity contribution >= 4 is 12.4 Å².